The van der Waals surface area contributed by atoms with E-state index in [1.54, 1.807) is 0 Å². The molecule has 0 saturated heterocycles. The average Bonchev–Trinajstić information content (AvgIpc) is 3.04. The van der Waals surface area contributed by atoms with Gasteiger partial charge in [0, 0.05) is 18.5 Å². The summed E-state index contributed by atoms with van der Waals surface area (Å²) in [6.07, 6.45) is 9.71. The van der Waals surface area contributed by atoms with Crippen LogP contribution in [0.4, 0.5) is 0 Å². The monoisotopic (exact) mass is 360 g/mol. The molecule has 3 fully saturated rings. The molecule has 1 aromatic rings. The van der Waals surface area contributed by atoms with E-state index < -0.39 is 0 Å². The minimum Gasteiger partial charge on any atom is -0.353 e. The molecule has 0 aromatic carbocycles. The van der Waals surface area contributed by atoms with Gasteiger partial charge in [0.2, 0.25) is 5.91 Å². The van der Waals surface area contributed by atoms with Crippen LogP contribution >= 0.6 is 11.8 Å². The Morgan fingerprint density at radius 1 is 1.36 bits per heavy atom. The summed E-state index contributed by atoms with van der Waals surface area (Å²) in [6.45, 7) is 6.72. The number of carbonyl (C=O) groups is 1. The average molecular weight is 361 g/mol. The summed E-state index contributed by atoms with van der Waals surface area (Å²) in [4.78, 5) is 12.4. The van der Waals surface area contributed by atoms with E-state index in [-0.39, 0.29) is 11.9 Å². The molecule has 1 aromatic heterocycles. The Morgan fingerprint density at radius 2 is 2.20 bits per heavy atom. The van der Waals surface area contributed by atoms with Crippen molar-refractivity contribution < 1.29 is 4.79 Å². The van der Waals surface area contributed by atoms with Crippen molar-refractivity contribution in [2.45, 2.75) is 69.1 Å². The molecule has 4 rings (SSSR count). The van der Waals surface area contributed by atoms with E-state index in [0.29, 0.717) is 24.1 Å². The van der Waals surface area contributed by atoms with Gasteiger partial charge in [-0.1, -0.05) is 24.3 Å². The highest BCUT2D eigenvalue weighted by molar-refractivity contribution is 7.99. The number of aromatic nitrogens is 3. The molecule has 4 atom stereocenters. The molecule has 0 radical (unpaired) electrons. The lowest BCUT2D eigenvalue weighted by Gasteiger charge is -2.28. The van der Waals surface area contributed by atoms with Crippen LogP contribution in [0.1, 0.15) is 57.2 Å². The van der Waals surface area contributed by atoms with Crippen molar-refractivity contribution in [2.24, 2.45) is 17.8 Å². The number of fused-ring (bicyclic) bond motifs is 2. The summed E-state index contributed by atoms with van der Waals surface area (Å²) in [7, 11) is 0. The summed E-state index contributed by atoms with van der Waals surface area (Å²) in [5.74, 6) is 4.56. The number of rotatable bonds is 8. The molecule has 5 nitrogen and oxygen atoms in total. The lowest BCUT2D eigenvalue weighted by Crippen LogP contribution is -2.40. The zero-order chi connectivity index (χ0) is 17.4. The summed E-state index contributed by atoms with van der Waals surface area (Å²) >= 11 is 1.49. The number of hydrogen-bond acceptors (Lipinski definition) is 4. The van der Waals surface area contributed by atoms with Gasteiger partial charge in [-0.2, -0.15) is 0 Å². The Bertz CT molecular complexity index is 654. The first kappa shape index (κ1) is 17.1. The fraction of sp³-hybridized carbons (Fsp3) is 0.737. The molecule has 0 unspecified atom stereocenters. The summed E-state index contributed by atoms with van der Waals surface area (Å²) in [5, 5.41) is 12.7. The Kier molecular flexibility index (Phi) is 4.89. The zero-order valence-electron chi connectivity index (χ0n) is 15.0. The molecule has 3 aliphatic carbocycles. The first-order chi connectivity index (χ1) is 12.2. The molecule has 1 heterocycles. The molecular formula is C19H28N4OS. The molecule has 1 amide bonds. The topological polar surface area (TPSA) is 59.8 Å². The number of thioether (sulfide) groups is 1. The van der Waals surface area contributed by atoms with E-state index in [1.165, 1.54) is 50.3 Å². The van der Waals surface area contributed by atoms with Gasteiger partial charge in [0.25, 0.3) is 0 Å². The van der Waals surface area contributed by atoms with Crippen LogP contribution in [0.2, 0.25) is 0 Å². The van der Waals surface area contributed by atoms with Crippen LogP contribution < -0.4 is 5.32 Å². The number of nitrogens with one attached hydrogen (secondary N) is 1. The lowest BCUT2D eigenvalue weighted by molar-refractivity contribution is -0.119. The number of amides is 1. The van der Waals surface area contributed by atoms with Crippen molar-refractivity contribution in [3.8, 4) is 0 Å². The maximum atomic E-state index is 12.4. The Labute approximate surface area is 154 Å². The van der Waals surface area contributed by atoms with Gasteiger partial charge in [0.1, 0.15) is 5.82 Å². The molecule has 3 aliphatic rings. The van der Waals surface area contributed by atoms with Gasteiger partial charge in [-0.05, 0) is 56.8 Å². The van der Waals surface area contributed by atoms with E-state index in [2.05, 4.69) is 33.6 Å². The van der Waals surface area contributed by atoms with Crippen LogP contribution in [0, 0.1) is 17.8 Å². The molecule has 0 spiro atoms. The molecule has 6 heteroatoms. The van der Waals surface area contributed by atoms with Crippen LogP contribution in [0.25, 0.3) is 0 Å². The number of hydrogen-bond donors (Lipinski definition) is 1. The van der Waals surface area contributed by atoms with Gasteiger partial charge in [-0.3, -0.25) is 4.79 Å². The van der Waals surface area contributed by atoms with Gasteiger partial charge in [0.05, 0.1) is 5.75 Å². The second-order valence-corrected chi connectivity index (χ2v) is 8.94. The second-order valence-electron chi connectivity index (χ2n) is 8.00. The first-order valence-corrected chi connectivity index (χ1v) is 10.6. The molecule has 3 saturated carbocycles. The summed E-state index contributed by atoms with van der Waals surface area (Å²) < 4.78 is 2.11. The maximum Gasteiger partial charge on any atom is 0.230 e. The quantitative estimate of drug-likeness (QED) is 0.570. The van der Waals surface area contributed by atoms with Crippen molar-refractivity contribution in [1.29, 1.82) is 0 Å². The minimum atomic E-state index is 0.112. The highest BCUT2D eigenvalue weighted by Crippen LogP contribution is 2.49. The normalized spacial score (nSPS) is 28.9. The fourth-order valence-electron chi connectivity index (χ4n) is 4.79. The molecular weight excluding hydrogens is 332 g/mol. The standard InChI is InChI=1S/C19H28N4OS/c1-3-8-23-18(14-6-7-14)21-22-19(23)25-11-17(24)20-12(2)16-10-13-4-5-15(16)9-13/h3,12-16H,1,4-11H2,2H3,(H,20,24)/t12-,13-,15-,16+/m0/s1. The highest BCUT2D eigenvalue weighted by atomic mass is 32.2. The van der Waals surface area contributed by atoms with Gasteiger partial charge < -0.3 is 9.88 Å². The lowest BCUT2D eigenvalue weighted by atomic mass is 9.84. The SMILES string of the molecule is C=CCn1c(SCC(=O)N[C@@H](C)[C@H]2C[C@H]3CC[C@H]2C3)nnc1C1CC1. The fourth-order valence-corrected chi connectivity index (χ4v) is 5.56. The number of allylic oxidation sites excluding steroid dienone is 1. The minimum absolute atomic E-state index is 0.112. The largest absolute Gasteiger partial charge is 0.353 e. The van der Waals surface area contributed by atoms with E-state index in [9.17, 15) is 4.79 Å². The number of nitrogens with zero attached hydrogens (tertiary/aromatic N) is 3. The van der Waals surface area contributed by atoms with Crippen LogP contribution in [0.3, 0.4) is 0 Å². The predicted octanol–water partition coefficient (Wildman–Crippen LogP) is 3.37. The third-order valence-electron chi connectivity index (χ3n) is 6.16. The van der Waals surface area contributed by atoms with E-state index in [1.807, 2.05) is 6.08 Å². The first-order valence-electron chi connectivity index (χ1n) is 9.61. The zero-order valence-corrected chi connectivity index (χ0v) is 15.8. The van der Waals surface area contributed by atoms with E-state index >= 15 is 0 Å². The van der Waals surface area contributed by atoms with E-state index in [0.717, 1.165) is 22.8 Å². The van der Waals surface area contributed by atoms with Crippen molar-refractivity contribution in [3.05, 3.63) is 18.5 Å². The van der Waals surface area contributed by atoms with Gasteiger partial charge >= 0.3 is 0 Å². The van der Waals surface area contributed by atoms with Crippen molar-refractivity contribution in [3.63, 3.8) is 0 Å². The van der Waals surface area contributed by atoms with Gasteiger partial charge in [-0.15, -0.1) is 16.8 Å². The van der Waals surface area contributed by atoms with Gasteiger partial charge in [-0.25, -0.2) is 0 Å². The third kappa shape index (κ3) is 3.64. The van der Waals surface area contributed by atoms with Crippen LogP contribution in [0.5, 0.6) is 0 Å². The van der Waals surface area contributed by atoms with Crippen molar-refractivity contribution >= 4 is 17.7 Å². The van der Waals surface area contributed by atoms with Crippen molar-refractivity contribution in [1.82, 2.24) is 20.1 Å². The van der Waals surface area contributed by atoms with E-state index in [4.69, 9.17) is 0 Å². The maximum absolute atomic E-state index is 12.4. The number of carbonyl (C=O) groups excluding carboxylic acids is 1. The van der Waals surface area contributed by atoms with Crippen molar-refractivity contribution in [2.75, 3.05) is 5.75 Å². The smallest absolute Gasteiger partial charge is 0.230 e. The highest BCUT2D eigenvalue weighted by Gasteiger charge is 2.42. The third-order valence-corrected chi connectivity index (χ3v) is 7.12. The van der Waals surface area contributed by atoms with Gasteiger partial charge in [0.15, 0.2) is 5.16 Å². The molecule has 136 valence electrons. The predicted molar refractivity (Wildman–Crippen MR) is 99.5 cm³/mol. The van der Waals surface area contributed by atoms with Crippen LogP contribution in [-0.2, 0) is 11.3 Å². The Morgan fingerprint density at radius 3 is 2.84 bits per heavy atom. The Balaban J connectivity index is 1.30. The molecule has 25 heavy (non-hydrogen) atoms. The second kappa shape index (κ2) is 7.14. The molecule has 1 N–H and O–H groups in total. The van der Waals surface area contributed by atoms with Crippen LogP contribution in [0.15, 0.2) is 17.8 Å². The summed E-state index contributed by atoms with van der Waals surface area (Å²) in [6, 6.07) is 0.288. The Hall–Kier alpha value is -1.30. The molecule has 2 bridgehead atoms. The summed E-state index contributed by atoms with van der Waals surface area (Å²) in [5.41, 5.74) is 0. The molecule has 0 aliphatic heterocycles. The van der Waals surface area contributed by atoms with Crippen LogP contribution in [-0.4, -0.2) is 32.5 Å².